The van der Waals surface area contributed by atoms with E-state index in [4.69, 9.17) is 41.9 Å². The number of furan rings is 1. The molecule has 3 aromatic heterocycles. The third-order valence-corrected chi connectivity index (χ3v) is 10.6. The van der Waals surface area contributed by atoms with Gasteiger partial charge in [-0.15, -0.1) is 11.6 Å². The number of nitro groups is 1. The van der Waals surface area contributed by atoms with Crippen LogP contribution in [-0.2, 0) is 19.2 Å². The molecule has 1 aliphatic carbocycles. The summed E-state index contributed by atoms with van der Waals surface area (Å²) in [6.07, 6.45) is 4.63. The second-order valence-electron chi connectivity index (χ2n) is 16.3. The number of nitrogens with one attached hydrogen (secondary N) is 1. The Labute approximate surface area is 406 Å². The Morgan fingerprint density at radius 1 is 0.900 bits per heavy atom. The van der Waals surface area contributed by atoms with Gasteiger partial charge in [-0.1, -0.05) is 50.2 Å². The zero-order valence-corrected chi connectivity index (χ0v) is 39.9. The van der Waals surface area contributed by atoms with Gasteiger partial charge in [0.1, 0.15) is 45.2 Å². The van der Waals surface area contributed by atoms with E-state index in [1.165, 1.54) is 26.1 Å². The molecule has 7 N–H and O–H groups in total. The van der Waals surface area contributed by atoms with Crippen LogP contribution in [0.2, 0.25) is 0 Å². The smallest absolute Gasteiger partial charge is 0.434 e. The van der Waals surface area contributed by atoms with Crippen LogP contribution in [0.15, 0.2) is 83.3 Å². The highest BCUT2D eigenvalue weighted by Gasteiger charge is 2.33. The average molecular weight is 997 g/mol. The van der Waals surface area contributed by atoms with Gasteiger partial charge in [0.05, 0.1) is 24.7 Å². The summed E-state index contributed by atoms with van der Waals surface area (Å²) in [5.41, 5.74) is 3.25. The van der Waals surface area contributed by atoms with Crippen LogP contribution >= 0.6 is 11.6 Å². The molecule has 0 saturated heterocycles. The molecular formula is C48H57ClN4O17. The maximum absolute atomic E-state index is 11.7. The summed E-state index contributed by atoms with van der Waals surface area (Å²) < 4.78 is 11.5. The van der Waals surface area contributed by atoms with E-state index in [-0.39, 0.29) is 40.3 Å². The van der Waals surface area contributed by atoms with E-state index < -0.39 is 59.1 Å². The fraction of sp³-hybridized carbons (Fsp3) is 0.375. The first-order valence-electron chi connectivity index (χ1n) is 21.6. The summed E-state index contributed by atoms with van der Waals surface area (Å²) in [5, 5.41) is 64.0. The van der Waals surface area contributed by atoms with Crippen LogP contribution in [0.25, 0.3) is 16.9 Å². The number of carboxylic acid groups (broad SMARTS) is 6. The van der Waals surface area contributed by atoms with Gasteiger partial charge < -0.3 is 45.1 Å². The Bertz CT molecular complexity index is 2570. The second-order valence-corrected chi connectivity index (χ2v) is 16.7. The molecule has 0 radical (unpaired) electrons. The van der Waals surface area contributed by atoms with Crippen LogP contribution in [0.4, 0.5) is 5.88 Å². The monoisotopic (exact) mass is 996 g/mol. The number of pyridine rings is 1. The molecule has 2 aromatic carbocycles. The van der Waals surface area contributed by atoms with Crippen LogP contribution in [0.1, 0.15) is 108 Å². The summed E-state index contributed by atoms with van der Waals surface area (Å²) in [7, 11) is 1.40. The molecule has 6 rings (SSSR count). The molecule has 0 aliphatic heterocycles. The van der Waals surface area contributed by atoms with Gasteiger partial charge in [-0.05, 0) is 94.8 Å². The summed E-state index contributed by atoms with van der Waals surface area (Å²) in [5.74, 6) is -5.01. The van der Waals surface area contributed by atoms with Gasteiger partial charge in [0, 0.05) is 35.9 Å². The Kier molecular flexibility index (Phi) is 23.9. The largest absolute Gasteiger partial charge is 0.494 e. The number of alkyl halides is 1. The predicted molar refractivity (Wildman–Crippen MR) is 254 cm³/mol. The number of carbonyl (C=O) groups is 7. The van der Waals surface area contributed by atoms with Crippen molar-refractivity contribution in [2.75, 3.05) is 19.5 Å². The predicted octanol–water partition coefficient (Wildman–Crippen LogP) is 8.37. The lowest BCUT2D eigenvalue weighted by Crippen LogP contribution is -2.35. The third kappa shape index (κ3) is 19.5. The quantitative estimate of drug-likeness (QED) is 0.0199. The van der Waals surface area contributed by atoms with Gasteiger partial charge in [-0.25, -0.2) is 19.4 Å². The van der Waals surface area contributed by atoms with E-state index in [0.29, 0.717) is 48.2 Å². The van der Waals surface area contributed by atoms with Crippen LogP contribution in [0, 0.1) is 35.3 Å². The Hall–Kier alpha value is -7.65. The summed E-state index contributed by atoms with van der Waals surface area (Å²) in [6, 6.07) is 21.1. The maximum atomic E-state index is 11.7. The number of aliphatic carboxylic acids is 3. The lowest BCUT2D eigenvalue weighted by Gasteiger charge is -2.33. The first-order valence-corrected chi connectivity index (χ1v) is 22.1. The van der Waals surface area contributed by atoms with Crippen molar-refractivity contribution in [3.05, 3.63) is 117 Å². The van der Waals surface area contributed by atoms with Gasteiger partial charge in [0.2, 0.25) is 0 Å². The SMILES string of the molecule is CC1(C)CCC(CCCC(=O)O)C(=O)C1.CN[C@H](CC(=O)O)C(=O)O.Cc1cccc2nc(-c3ccccc3)c(C(=O)O)n12.Cc1oc([N+](=O)[O-])cc1C(=O)O.O=C(O)c1ccc(OCCCCl)cc1. The van der Waals surface area contributed by atoms with Crippen LogP contribution in [0.5, 0.6) is 5.75 Å². The number of nitrogens with zero attached hydrogens (tertiary/aromatic N) is 3. The number of aromatic nitrogens is 2. The van der Waals surface area contributed by atoms with Crippen molar-refractivity contribution in [2.24, 2.45) is 11.3 Å². The van der Waals surface area contributed by atoms with Gasteiger partial charge in [0.25, 0.3) is 0 Å². The highest BCUT2D eigenvalue weighted by molar-refractivity contribution is 6.17. The van der Waals surface area contributed by atoms with E-state index in [2.05, 4.69) is 28.6 Å². The number of halogens is 1. The molecule has 1 unspecified atom stereocenters. The van der Waals surface area contributed by atoms with E-state index in [0.717, 1.165) is 43.0 Å². The summed E-state index contributed by atoms with van der Waals surface area (Å²) >= 11 is 5.48. The normalized spacial score (nSPS) is 13.7. The Morgan fingerprint density at radius 2 is 1.54 bits per heavy atom. The molecule has 5 aromatic rings. The van der Waals surface area contributed by atoms with Crippen molar-refractivity contribution in [2.45, 2.75) is 85.1 Å². The lowest BCUT2D eigenvalue weighted by molar-refractivity contribution is -0.402. The molecule has 21 nitrogen and oxygen atoms in total. The molecule has 0 amide bonds. The number of benzene rings is 2. The fourth-order valence-electron chi connectivity index (χ4n) is 6.68. The van der Waals surface area contributed by atoms with E-state index in [1.807, 2.05) is 55.5 Å². The number of hydrogen-bond acceptors (Lipinski definition) is 13. The summed E-state index contributed by atoms with van der Waals surface area (Å²) in [6.45, 7) is 8.03. The zero-order valence-electron chi connectivity index (χ0n) is 39.1. The molecular weight excluding hydrogens is 940 g/mol. The van der Waals surface area contributed by atoms with Gasteiger partial charge in [-0.3, -0.25) is 33.7 Å². The van der Waals surface area contributed by atoms with Crippen molar-refractivity contribution < 1.29 is 78.3 Å². The molecule has 1 saturated carbocycles. The molecule has 0 spiro atoms. The molecule has 0 bridgehead atoms. The van der Waals surface area contributed by atoms with Crippen LogP contribution in [0.3, 0.4) is 0 Å². The van der Waals surface area contributed by atoms with E-state index in [9.17, 15) is 48.8 Å². The first-order chi connectivity index (χ1) is 32.9. The molecule has 2 atom stereocenters. The zero-order chi connectivity index (χ0) is 52.7. The topological polar surface area (TPSA) is 336 Å². The van der Waals surface area contributed by atoms with Gasteiger partial charge in [0.15, 0.2) is 5.69 Å². The number of ketones is 1. The number of hydrogen-bond donors (Lipinski definition) is 7. The van der Waals surface area contributed by atoms with Gasteiger partial charge >= 0.3 is 41.7 Å². The van der Waals surface area contributed by atoms with Crippen molar-refractivity contribution >= 4 is 64.7 Å². The first kappa shape index (κ1) is 58.5. The van der Waals surface area contributed by atoms with Gasteiger partial charge in [-0.2, -0.15) is 0 Å². The number of imidazole rings is 1. The number of carboxylic acids is 6. The number of ether oxygens (including phenoxy) is 1. The minimum Gasteiger partial charge on any atom is -0.494 e. The number of aryl methyl sites for hydroxylation is 2. The second kappa shape index (κ2) is 28.6. The molecule has 1 fully saturated rings. The number of likely N-dealkylation sites (N-methyl/N-ethyl adjacent to an activating group) is 1. The van der Waals surface area contributed by atoms with Crippen LogP contribution in [-0.4, -0.2) is 112 Å². The molecule has 70 heavy (non-hydrogen) atoms. The number of fused-ring (bicyclic) bond motifs is 1. The Morgan fingerprint density at radius 3 is 2.00 bits per heavy atom. The lowest BCUT2D eigenvalue weighted by atomic mass is 9.71. The number of Topliss-reactive ketones (excluding diaryl/α,β-unsaturated/α-hetero) is 1. The number of carbonyl (C=O) groups excluding carboxylic acids is 1. The molecule has 378 valence electrons. The molecule has 22 heteroatoms. The van der Waals surface area contributed by atoms with Crippen molar-refractivity contribution in [1.29, 1.82) is 0 Å². The maximum Gasteiger partial charge on any atom is 0.434 e. The third-order valence-electron chi connectivity index (χ3n) is 10.3. The number of aromatic carboxylic acids is 3. The average Bonchev–Trinajstić information content (AvgIpc) is 3.90. The van der Waals surface area contributed by atoms with E-state index >= 15 is 0 Å². The van der Waals surface area contributed by atoms with E-state index in [1.54, 1.807) is 16.5 Å². The molecule has 3 heterocycles. The highest BCUT2D eigenvalue weighted by Crippen LogP contribution is 2.37. The minimum absolute atomic E-state index is 0.0363. The standard InChI is InChI=1S/C15H12N2O2.C12H20O3.C10H11ClO3.C6H5NO5.C5H9NO4/c1-10-6-5-9-12-16-13(11-7-3-2-4-8-11)14(15(18)19)17(10)12;1-12(2)7-6-9(10(13)8-12)4-3-5-11(14)15;11-6-1-7-14-9-4-2-8(3-5-9)10(12)13;1-3-4(6(8)9)2-5(12-3)7(10)11;1-6-3(5(9)10)2-4(7)8/h2-9H,1H3,(H,18,19);9H,3-8H2,1-2H3,(H,14,15);2-5H,1,6-7H2,(H,12,13);2H,1H3,(H,8,9);3,6H,2H2,1H3,(H,7,8)(H,9,10)/t;;;;3-/m....1/s1. The summed E-state index contributed by atoms with van der Waals surface area (Å²) in [4.78, 5) is 88.4. The van der Waals surface area contributed by atoms with Crippen molar-refractivity contribution in [1.82, 2.24) is 14.7 Å². The van der Waals surface area contributed by atoms with Crippen molar-refractivity contribution in [3.8, 4) is 17.0 Å². The van der Waals surface area contributed by atoms with Crippen LogP contribution < -0.4 is 10.1 Å². The van der Waals surface area contributed by atoms with Crippen molar-refractivity contribution in [3.63, 3.8) is 0 Å². The number of rotatable bonds is 17. The fourth-order valence-corrected chi connectivity index (χ4v) is 6.79. The molecule has 1 aliphatic rings. The minimum atomic E-state index is -1.23. The highest BCUT2D eigenvalue weighted by atomic mass is 35.5. The Balaban J connectivity index is 0.000000306.